The number of azo groups is 1. The summed E-state index contributed by atoms with van der Waals surface area (Å²) in [4.78, 5) is 12.6. The number of aromatic hydroxyl groups is 1. The Morgan fingerprint density at radius 2 is 1.74 bits per heavy atom. The van der Waals surface area contributed by atoms with E-state index in [0.29, 0.717) is 39.2 Å². The Balaban J connectivity index is 1.85. The normalized spacial score (nSPS) is 11.7. The van der Waals surface area contributed by atoms with Gasteiger partial charge in [0.25, 0.3) is 16.0 Å². The number of carbonyl (C=O) groups excluding carboxylic acids is 1. The lowest BCUT2D eigenvalue weighted by Gasteiger charge is -2.13. The molecule has 1 amide bonds. The Bertz CT molecular complexity index is 1710. The molecule has 0 aliphatic heterocycles. The zero-order chi connectivity index (χ0) is 27.6. The molecule has 0 bridgehead atoms. The van der Waals surface area contributed by atoms with Gasteiger partial charge in [0.2, 0.25) is 0 Å². The fourth-order valence-corrected chi connectivity index (χ4v) is 5.03. The van der Waals surface area contributed by atoms with Crippen molar-refractivity contribution in [2.45, 2.75) is 18.2 Å². The molecule has 0 aliphatic rings. The van der Waals surface area contributed by atoms with Crippen molar-refractivity contribution in [3.63, 3.8) is 0 Å². The molecule has 4 aromatic rings. The predicted molar refractivity (Wildman–Crippen MR) is 146 cm³/mol. The number of phenolic OH excluding ortho intramolecular Hbond substituents is 1. The van der Waals surface area contributed by atoms with E-state index in [2.05, 4.69) is 15.5 Å². The largest absolute Gasteiger partial charge is 0.505 e. The maximum atomic E-state index is 13.2. The van der Waals surface area contributed by atoms with Gasteiger partial charge in [0.1, 0.15) is 22.0 Å². The Hall–Kier alpha value is -3.70. The number of hydrogen-bond donors (Lipinski definition) is 3. The van der Waals surface area contributed by atoms with E-state index in [0.717, 1.165) is 6.07 Å². The second-order valence-electron chi connectivity index (χ2n) is 8.09. The summed E-state index contributed by atoms with van der Waals surface area (Å²) in [5.41, 5.74) is 0.474. The molecule has 0 aliphatic carbocycles. The van der Waals surface area contributed by atoms with Crippen molar-refractivity contribution in [3.05, 3.63) is 81.8 Å². The maximum Gasteiger partial charge on any atom is 0.296 e. The Morgan fingerprint density at radius 3 is 2.42 bits per heavy atom. The number of rotatable bonds is 7. The van der Waals surface area contributed by atoms with Crippen LogP contribution >= 0.6 is 23.2 Å². The summed E-state index contributed by atoms with van der Waals surface area (Å²) in [5.74, 6) is -0.772. The van der Waals surface area contributed by atoms with Gasteiger partial charge in [0.05, 0.1) is 17.7 Å². The third kappa shape index (κ3) is 5.58. The molecule has 196 valence electrons. The van der Waals surface area contributed by atoms with Crippen molar-refractivity contribution in [2.24, 2.45) is 10.2 Å². The number of carbonyl (C=O) groups is 1. The van der Waals surface area contributed by atoms with Crippen LogP contribution in [0.4, 0.5) is 17.1 Å². The number of nitrogens with zero attached hydrogens (tertiary/aromatic N) is 2. The SMILES string of the molecule is CCc1cc(Cl)cc(S(=O)(=O)O)c1N=Nc1c(O)c(C(=O)Nc2ccc(Cl)c(OC)c2)cc2ccccc12. The number of benzene rings is 4. The van der Waals surface area contributed by atoms with Crippen LogP contribution in [-0.4, -0.2) is 31.1 Å². The number of anilines is 1. The monoisotopic (exact) mass is 573 g/mol. The first-order valence-electron chi connectivity index (χ1n) is 11.1. The first kappa shape index (κ1) is 27.3. The summed E-state index contributed by atoms with van der Waals surface area (Å²) >= 11 is 12.1. The average molecular weight is 574 g/mol. The Labute approximate surface area is 228 Å². The first-order chi connectivity index (χ1) is 18.0. The number of fused-ring (bicyclic) bond motifs is 1. The lowest BCUT2D eigenvalue weighted by Crippen LogP contribution is -2.12. The van der Waals surface area contributed by atoms with E-state index in [1.165, 1.54) is 25.3 Å². The van der Waals surface area contributed by atoms with Crippen LogP contribution in [0.5, 0.6) is 11.5 Å². The first-order valence-corrected chi connectivity index (χ1v) is 13.3. The van der Waals surface area contributed by atoms with Gasteiger partial charge in [-0.3, -0.25) is 9.35 Å². The number of hydrogen-bond acceptors (Lipinski definition) is 7. The zero-order valence-electron chi connectivity index (χ0n) is 20.1. The molecule has 38 heavy (non-hydrogen) atoms. The van der Waals surface area contributed by atoms with Crippen molar-refractivity contribution in [1.29, 1.82) is 0 Å². The molecule has 0 spiro atoms. The highest BCUT2D eigenvalue weighted by Gasteiger charge is 2.22. The van der Waals surface area contributed by atoms with Crippen molar-refractivity contribution in [2.75, 3.05) is 12.4 Å². The van der Waals surface area contributed by atoms with Crippen LogP contribution in [0, 0.1) is 0 Å². The number of amides is 1. The van der Waals surface area contributed by atoms with E-state index in [1.54, 1.807) is 43.3 Å². The second kappa shape index (κ2) is 11.0. The van der Waals surface area contributed by atoms with Gasteiger partial charge in [0.15, 0.2) is 5.75 Å². The highest BCUT2D eigenvalue weighted by atomic mass is 35.5. The number of halogens is 2. The van der Waals surface area contributed by atoms with Gasteiger partial charge < -0.3 is 15.2 Å². The van der Waals surface area contributed by atoms with E-state index in [1.807, 2.05) is 0 Å². The third-order valence-corrected chi connectivity index (χ3v) is 7.07. The molecule has 0 saturated carbocycles. The van der Waals surface area contributed by atoms with Crippen molar-refractivity contribution in [1.82, 2.24) is 0 Å². The summed E-state index contributed by atoms with van der Waals surface area (Å²) in [6.45, 7) is 1.75. The van der Waals surface area contributed by atoms with Gasteiger partial charge in [0, 0.05) is 22.2 Å². The minimum Gasteiger partial charge on any atom is -0.505 e. The Kier molecular flexibility index (Phi) is 7.89. The third-order valence-electron chi connectivity index (χ3n) is 5.68. The molecule has 12 heteroatoms. The molecule has 0 aromatic heterocycles. The zero-order valence-corrected chi connectivity index (χ0v) is 22.4. The van der Waals surface area contributed by atoms with Crippen LogP contribution in [0.25, 0.3) is 10.8 Å². The smallest absolute Gasteiger partial charge is 0.296 e. The summed E-state index contributed by atoms with van der Waals surface area (Å²) < 4.78 is 39.0. The molecule has 0 atom stereocenters. The van der Waals surface area contributed by atoms with Crippen LogP contribution in [0.15, 0.2) is 75.8 Å². The molecule has 9 nitrogen and oxygen atoms in total. The maximum absolute atomic E-state index is 13.2. The number of methoxy groups -OCH3 is 1. The highest BCUT2D eigenvalue weighted by molar-refractivity contribution is 7.86. The topological polar surface area (TPSA) is 138 Å². The second-order valence-corrected chi connectivity index (χ2v) is 10.3. The van der Waals surface area contributed by atoms with Crippen LogP contribution < -0.4 is 10.1 Å². The van der Waals surface area contributed by atoms with Crippen molar-refractivity contribution >= 4 is 67.1 Å². The molecular weight excluding hydrogens is 553 g/mol. The lowest BCUT2D eigenvalue weighted by atomic mass is 10.0. The molecule has 0 fully saturated rings. The molecule has 4 rings (SSSR count). The Morgan fingerprint density at radius 1 is 1.03 bits per heavy atom. The molecule has 0 radical (unpaired) electrons. The summed E-state index contributed by atoms with van der Waals surface area (Å²) in [6.07, 6.45) is 0.331. The van der Waals surface area contributed by atoms with Crippen molar-refractivity contribution in [3.8, 4) is 11.5 Å². The van der Waals surface area contributed by atoms with Crippen LogP contribution in [0.2, 0.25) is 10.0 Å². The predicted octanol–water partition coefficient (Wildman–Crippen LogP) is 7.34. The number of phenols is 1. The van der Waals surface area contributed by atoms with Crippen molar-refractivity contribution < 1.29 is 27.6 Å². The molecule has 0 heterocycles. The lowest BCUT2D eigenvalue weighted by molar-refractivity contribution is 0.102. The number of ether oxygens (including phenoxy) is 1. The molecule has 4 aromatic carbocycles. The summed E-state index contributed by atoms with van der Waals surface area (Å²) in [7, 11) is -3.25. The van der Waals surface area contributed by atoms with E-state index >= 15 is 0 Å². The van der Waals surface area contributed by atoms with Gasteiger partial charge in [-0.05, 0) is 47.7 Å². The standard InChI is InChI=1S/C26H21Cl2N3O6S/c1-3-14-10-16(27)12-22(38(34,35)36)23(14)30-31-24-18-7-5-4-6-15(18)11-19(25(24)32)26(33)29-17-8-9-20(28)21(13-17)37-2/h4-13,32H,3H2,1-2H3,(H,29,33)(H,34,35,36). The molecular formula is C26H21Cl2N3O6S. The van der Waals surface area contributed by atoms with E-state index in [9.17, 15) is 22.9 Å². The fourth-order valence-electron chi connectivity index (χ4n) is 3.84. The van der Waals surface area contributed by atoms with E-state index in [-0.39, 0.29) is 22.0 Å². The summed E-state index contributed by atoms with van der Waals surface area (Å²) in [5, 5.41) is 23.5. The van der Waals surface area contributed by atoms with E-state index < -0.39 is 26.7 Å². The molecule has 0 saturated heterocycles. The number of nitrogens with one attached hydrogen (secondary N) is 1. The number of aryl methyl sites for hydroxylation is 1. The van der Waals surface area contributed by atoms with Gasteiger partial charge in [-0.2, -0.15) is 8.42 Å². The fraction of sp³-hybridized carbons (Fsp3) is 0.115. The van der Waals surface area contributed by atoms with Crippen LogP contribution in [-0.2, 0) is 16.5 Å². The molecule has 0 unspecified atom stereocenters. The summed E-state index contributed by atoms with van der Waals surface area (Å²) in [6, 6.07) is 15.6. The van der Waals surface area contributed by atoms with Gasteiger partial charge in [-0.1, -0.05) is 54.4 Å². The minimum absolute atomic E-state index is 0.0692. The van der Waals surface area contributed by atoms with Crippen LogP contribution in [0.1, 0.15) is 22.8 Å². The van der Waals surface area contributed by atoms with Gasteiger partial charge in [-0.25, -0.2) is 0 Å². The quantitative estimate of drug-likeness (QED) is 0.156. The average Bonchev–Trinajstić information content (AvgIpc) is 2.88. The van der Waals surface area contributed by atoms with Gasteiger partial charge >= 0.3 is 0 Å². The van der Waals surface area contributed by atoms with Gasteiger partial charge in [-0.15, -0.1) is 10.2 Å². The highest BCUT2D eigenvalue weighted by Crippen LogP contribution is 2.41. The van der Waals surface area contributed by atoms with E-state index in [4.69, 9.17) is 27.9 Å². The minimum atomic E-state index is -4.70. The molecule has 3 N–H and O–H groups in total. The van der Waals surface area contributed by atoms with Crippen LogP contribution in [0.3, 0.4) is 0 Å².